The van der Waals surface area contributed by atoms with Crippen LogP contribution in [-0.4, -0.2) is 17.5 Å². The van der Waals surface area contributed by atoms with Gasteiger partial charge in [0.25, 0.3) is 0 Å². The number of amides is 1. The second-order valence-corrected chi connectivity index (χ2v) is 1.88. The fraction of sp³-hybridized carbons (Fsp3) is 0.286. The van der Waals surface area contributed by atoms with E-state index in [9.17, 15) is 14.4 Å². The number of allylic oxidation sites excluding steroid dienone is 1. The zero-order valence-corrected chi connectivity index (χ0v) is 6.16. The first-order valence-corrected chi connectivity index (χ1v) is 3.12. The molecule has 1 amide bonds. The summed E-state index contributed by atoms with van der Waals surface area (Å²) in [6.07, 6.45) is 1.89. The Kier molecular flexibility index (Phi) is 3.80. The average molecular weight is 155 g/mol. The van der Waals surface area contributed by atoms with Gasteiger partial charge in [-0.2, -0.15) is 0 Å². The number of Topliss-reactive ketones (excluding diaryl/α,β-unsaturated/α-hetero) is 1. The minimum Gasteiger partial charge on any atom is -0.366 e. The van der Waals surface area contributed by atoms with Crippen LogP contribution in [-0.2, 0) is 14.4 Å². The van der Waals surface area contributed by atoms with Gasteiger partial charge in [-0.05, 0) is 6.08 Å². The van der Waals surface area contributed by atoms with Crippen LogP contribution in [0.3, 0.4) is 0 Å². The number of carbonyl (C=O) groups excluding carboxylic acids is 3. The molecule has 4 nitrogen and oxygen atoms in total. The summed E-state index contributed by atoms with van der Waals surface area (Å²) in [6.45, 7) is 1.57. The van der Waals surface area contributed by atoms with E-state index in [1.807, 2.05) is 0 Å². The van der Waals surface area contributed by atoms with Crippen LogP contribution < -0.4 is 5.73 Å². The summed E-state index contributed by atoms with van der Waals surface area (Å²) < 4.78 is 0. The molecule has 0 aromatic rings. The highest BCUT2D eigenvalue weighted by Crippen LogP contribution is 1.85. The third-order valence-corrected chi connectivity index (χ3v) is 0.995. The second kappa shape index (κ2) is 4.38. The van der Waals surface area contributed by atoms with Gasteiger partial charge >= 0.3 is 0 Å². The van der Waals surface area contributed by atoms with E-state index in [4.69, 9.17) is 5.73 Å². The van der Waals surface area contributed by atoms with Gasteiger partial charge in [-0.25, -0.2) is 0 Å². The van der Waals surface area contributed by atoms with Crippen LogP contribution in [0.2, 0.25) is 0 Å². The standard InChI is InChI=1S/C7H9NO3/c1-2-5(9)6(10)3-4-7(8)11/h3-4H,2H2,1H3,(H2,8,11). The first-order valence-electron chi connectivity index (χ1n) is 3.12. The van der Waals surface area contributed by atoms with E-state index < -0.39 is 17.5 Å². The van der Waals surface area contributed by atoms with E-state index in [0.29, 0.717) is 0 Å². The van der Waals surface area contributed by atoms with Crippen molar-refractivity contribution in [3.63, 3.8) is 0 Å². The van der Waals surface area contributed by atoms with Crippen LogP contribution in [0.1, 0.15) is 13.3 Å². The van der Waals surface area contributed by atoms with Crippen molar-refractivity contribution in [1.82, 2.24) is 0 Å². The number of hydrogen-bond donors (Lipinski definition) is 1. The molecular weight excluding hydrogens is 146 g/mol. The van der Waals surface area contributed by atoms with Gasteiger partial charge < -0.3 is 5.73 Å². The average Bonchev–Trinajstić information content (AvgIpc) is 1.98. The van der Waals surface area contributed by atoms with E-state index in [1.165, 1.54) is 0 Å². The molecule has 0 saturated heterocycles. The Hall–Kier alpha value is -1.45. The maximum atomic E-state index is 10.6. The highest BCUT2D eigenvalue weighted by Gasteiger charge is 2.05. The van der Waals surface area contributed by atoms with Gasteiger partial charge in [-0.15, -0.1) is 0 Å². The summed E-state index contributed by atoms with van der Waals surface area (Å²) in [4.78, 5) is 31.3. The van der Waals surface area contributed by atoms with Crippen LogP contribution in [0, 0.1) is 0 Å². The van der Waals surface area contributed by atoms with Crippen LogP contribution in [0.25, 0.3) is 0 Å². The molecule has 0 spiro atoms. The van der Waals surface area contributed by atoms with Gasteiger partial charge in [-0.3, -0.25) is 14.4 Å². The fourth-order valence-corrected chi connectivity index (χ4v) is 0.425. The quantitative estimate of drug-likeness (QED) is 0.442. The molecule has 0 aliphatic carbocycles. The third-order valence-electron chi connectivity index (χ3n) is 0.995. The minimum absolute atomic E-state index is 0.141. The molecule has 4 heteroatoms. The predicted molar refractivity (Wildman–Crippen MR) is 38.6 cm³/mol. The molecule has 0 radical (unpaired) electrons. The molecule has 0 unspecified atom stereocenters. The second-order valence-electron chi connectivity index (χ2n) is 1.88. The van der Waals surface area contributed by atoms with Gasteiger partial charge in [-0.1, -0.05) is 6.92 Å². The Labute approximate surface area is 64.1 Å². The van der Waals surface area contributed by atoms with E-state index in [2.05, 4.69) is 0 Å². The molecule has 2 N–H and O–H groups in total. The molecule has 11 heavy (non-hydrogen) atoms. The molecule has 0 aliphatic heterocycles. The first kappa shape index (κ1) is 9.55. The van der Waals surface area contributed by atoms with Gasteiger partial charge in [0.05, 0.1) is 0 Å². The molecule has 0 heterocycles. The monoisotopic (exact) mass is 155 g/mol. The van der Waals surface area contributed by atoms with E-state index in [1.54, 1.807) is 6.92 Å². The van der Waals surface area contributed by atoms with Crippen molar-refractivity contribution >= 4 is 17.5 Å². The Morgan fingerprint density at radius 2 is 1.82 bits per heavy atom. The highest BCUT2D eigenvalue weighted by atomic mass is 16.2. The van der Waals surface area contributed by atoms with Gasteiger partial charge in [0.1, 0.15) is 0 Å². The first-order chi connectivity index (χ1) is 5.07. The molecule has 0 aromatic carbocycles. The lowest BCUT2D eigenvalue weighted by atomic mass is 10.2. The fourth-order valence-electron chi connectivity index (χ4n) is 0.425. The summed E-state index contributed by atoms with van der Waals surface area (Å²) in [7, 11) is 0. The molecular formula is C7H9NO3. The molecule has 0 rings (SSSR count). The third kappa shape index (κ3) is 4.02. The number of hydrogen-bond acceptors (Lipinski definition) is 3. The lowest BCUT2D eigenvalue weighted by molar-refractivity contribution is -0.133. The number of nitrogens with two attached hydrogens (primary N) is 1. The Morgan fingerprint density at radius 3 is 2.18 bits per heavy atom. The van der Waals surface area contributed by atoms with Crippen molar-refractivity contribution < 1.29 is 14.4 Å². The molecule has 0 saturated carbocycles. The molecule has 60 valence electrons. The van der Waals surface area contributed by atoms with Gasteiger partial charge in [0, 0.05) is 12.5 Å². The van der Waals surface area contributed by atoms with Crippen molar-refractivity contribution in [2.24, 2.45) is 5.73 Å². The molecule has 0 atom stereocenters. The van der Waals surface area contributed by atoms with Crippen LogP contribution in [0.4, 0.5) is 0 Å². The summed E-state index contributed by atoms with van der Waals surface area (Å²) in [5.41, 5.74) is 4.69. The zero-order valence-electron chi connectivity index (χ0n) is 6.16. The SMILES string of the molecule is CCC(=O)C(=O)C=CC(N)=O. The topological polar surface area (TPSA) is 77.2 Å². The van der Waals surface area contributed by atoms with Crippen LogP contribution >= 0.6 is 0 Å². The van der Waals surface area contributed by atoms with Crippen LogP contribution in [0.15, 0.2) is 12.2 Å². The van der Waals surface area contributed by atoms with Crippen molar-refractivity contribution in [1.29, 1.82) is 0 Å². The van der Waals surface area contributed by atoms with Crippen molar-refractivity contribution in [3.8, 4) is 0 Å². The summed E-state index contributed by atoms with van der Waals surface area (Å²) in [6, 6.07) is 0. The Morgan fingerprint density at radius 1 is 1.27 bits per heavy atom. The lowest BCUT2D eigenvalue weighted by Crippen LogP contribution is -2.11. The highest BCUT2D eigenvalue weighted by molar-refractivity contribution is 6.41. The van der Waals surface area contributed by atoms with E-state index in [-0.39, 0.29) is 6.42 Å². The Balaban J connectivity index is 4.08. The Bertz CT molecular complexity index is 218. The summed E-state index contributed by atoms with van der Waals surface area (Å²) in [5, 5.41) is 0. The number of rotatable bonds is 4. The van der Waals surface area contributed by atoms with Crippen LogP contribution in [0.5, 0.6) is 0 Å². The smallest absolute Gasteiger partial charge is 0.241 e. The molecule has 0 aromatic heterocycles. The number of carbonyl (C=O) groups is 3. The minimum atomic E-state index is -0.734. The number of ketones is 2. The normalized spacial score (nSPS) is 9.91. The van der Waals surface area contributed by atoms with Crippen molar-refractivity contribution in [2.45, 2.75) is 13.3 Å². The maximum Gasteiger partial charge on any atom is 0.241 e. The van der Waals surface area contributed by atoms with Crippen molar-refractivity contribution in [3.05, 3.63) is 12.2 Å². The van der Waals surface area contributed by atoms with Gasteiger partial charge in [0.2, 0.25) is 17.5 Å². The number of primary amides is 1. The summed E-state index contributed by atoms with van der Waals surface area (Å²) in [5.74, 6) is -1.95. The zero-order chi connectivity index (χ0) is 8.85. The lowest BCUT2D eigenvalue weighted by Gasteiger charge is -1.86. The molecule has 0 aliphatic rings. The molecule has 0 fully saturated rings. The largest absolute Gasteiger partial charge is 0.366 e. The van der Waals surface area contributed by atoms with Gasteiger partial charge in [0.15, 0.2) is 0 Å². The van der Waals surface area contributed by atoms with Crippen molar-refractivity contribution in [2.75, 3.05) is 0 Å². The van der Waals surface area contributed by atoms with E-state index in [0.717, 1.165) is 12.2 Å². The van der Waals surface area contributed by atoms with E-state index >= 15 is 0 Å². The maximum absolute atomic E-state index is 10.6. The molecule has 0 bridgehead atoms. The summed E-state index contributed by atoms with van der Waals surface area (Å²) >= 11 is 0. The predicted octanol–water partition coefficient (Wildman–Crippen LogP) is -0.424.